The highest BCUT2D eigenvalue weighted by molar-refractivity contribution is 7.83. The summed E-state index contributed by atoms with van der Waals surface area (Å²) >= 11 is 0. The lowest BCUT2D eigenvalue weighted by Crippen LogP contribution is -2.35. The van der Waals surface area contributed by atoms with Crippen molar-refractivity contribution in [3.8, 4) is 5.69 Å². The predicted octanol–water partition coefficient (Wildman–Crippen LogP) is 2.26. The van der Waals surface area contributed by atoms with Crippen molar-refractivity contribution >= 4 is 16.0 Å². The lowest BCUT2D eigenvalue weighted by molar-refractivity contribution is 0.389. The average Bonchev–Trinajstić information content (AvgIpc) is 2.85. The first-order valence-corrected chi connectivity index (χ1v) is 10.8. The first kappa shape index (κ1) is 22.2. The van der Waals surface area contributed by atoms with Gasteiger partial charge in [-0.1, -0.05) is 37.5 Å². The van der Waals surface area contributed by atoms with Crippen LogP contribution in [0.15, 0.2) is 35.1 Å². The van der Waals surface area contributed by atoms with Crippen LogP contribution in [0.25, 0.3) is 5.69 Å². The van der Waals surface area contributed by atoms with E-state index in [2.05, 4.69) is 4.72 Å². The molecule has 1 aliphatic rings. The van der Waals surface area contributed by atoms with Crippen molar-refractivity contribution in [3.63, 3.8) is 0 Å². The fourth-order valence-corrected chi connectivity index (χ4v) is 4.16. The standard InChI is InChI=1S/C13H17N3O.C6H13NO3S/c1-10-12(14(2)3)13(17)16(15(10)4)11-8-6-5-7-9-11;8-11(9,10)7-6-4-2-1-3-5-6/h5-9H,1-4H3;6-7H,1-5H2,(H,8,9,10). The Bertz CT molecular complexity index is 927. The molecule has 156 valence electrons. The zero-order valence-electron chi connectivity index (χ0n) is 16.9. The van der Waals surface area contributed by atoms with Gasteiger partial charge in [0.2, 0.25) is 0 Å². The molecular formula is C19H30N4O4S. The number of para-hydroxylation sites is 1. The molecule has 0 bridgehead atoms. The number of hydrogen-bond acceptors (Lipinski definition) is 4. The van der Waals surface area contributed by atoms with Crippen LogP contribution in [0.4, 0.5) is 5.69 Å². The molecule has 2 aromatic rings. The van der Waals surface area contributed by atoms with Gasteiger partial charge in [0.25, 0.3) is 5.56 Å². The molecule has 0 aliphatic heterocycles. The summed E-state index contributed by atoms with van der Waals surface area (Å²) in [5, 5.41) is 0. The topological polar surface area (TPSA) is 96.6 Å². The Morgan fingerprint density at radius 1 is 1.11 bits per heavy atom. The van der Waals surface area contributed by atoms with E-state index in [1.165, 1.54) is 6.42 Å². The van der Waals surface area contributed by atoms with Gasteiger partial charge in [-0.2, -0.15) is 13.1 Å². The summed E-state index contributed by atoms with van der Waals surface area (Å²) in [7, 11) is 1.70. The zero-order chi connectivity index (χ0) is 20.9. The van der Waals surface area contributed by atoms with Crippen molar-refractivity contribution in [2.45, 2.75) is 45.1 Å². The summed E-state index contributed by atoms with van der Waals surface area (Å²) in [6.07, 6.45) is 4.96. The fourth-order valence-electron chi connectivity index (χ4n) is 3.50. The lowest BCUT2D eigenvalue weighted by atomic mass is 9.96. The summed E-state index contributed by atoms with van der Waals surface area (Å²) in [5.41, 5.74) is 2.60. The highest BCUT2D eigenvalue weighted by Crippen LogP contribution is 2.17. The van der Waals surface area contributed by atoms with E-state index in [-0.39, 0.29) is 11.6 Å². The van der Waals surface area contributed by atoms with E-state index in [0.717, 1.165) is 42.8 Å². The highest BCUT2D eigenvalue weighted by atomic mass is 32.2. The van der Waals surface area contributed by atoms with Crippen LogP contribution < -0.4 is 15.2 Å². The molecule has 0 saturated heterocycles. The molecule has 8 nitrogen and oxygen atoms in total. The monoisotopic (exact) mass is 410 g/mol. The average molecular weight is 411 g/mol. The molecule has 0 atom stereocenters. The van der Waals surface area contributed by atoms with E-state index < -0.39 is 10.3 Å². The van der Waals surface area contributed by atoms with Crippen molar-refractivity contribution in [3.05, 3.63) is 46.4 Å². The molecule has 0 amide bonds. The molecule has 1 aromatic carbocycles. The van der Waals surface area contributed by atoms with Crippen LogP contribution >= 0.6 is 0 Å². The third-order valence-corrected chi connectivity index (χ3v) is 5.52. The van der Waals surface area contributed by atoms with E-state index in [1.54, 1.807) is 4.68 Å². The van der Waals surface area contributed by atoms with Crippen molar-refractivity contribution in [2.75, 3.05) is 19.0 Å². The Kier molecular flexibility index (Phi) is 7.45. The molecule has 0 spiro atoms. The van der Waals surface area contributed by atoms with Gasteiger partial charge in [0.15, 0.2) is 0 Å². The molecule has 1 heterocycles. The van der Waals surface area contributed by atoms with Gasteiger partial charge in [0, 0.05) is 27.2 Å². The molecule has 2 N–H and O–H groups in total. The van der Waals surface area contributed by atoms with Crippen LogP contribution in [-0.2, 0) is 17.4 Å². The van der Waals surface area contributed by atoms with Gasteiger partial charge in [-0.15, -0.1) is 0 Å². The Balaban J connectivity index is 0.000000221. The first-order valence-electron chi connectivity index (χ1n) is 9.38. The molecule has 1 fully saturated rings. The number of rotatable bonds is 4. The largest absolute Gasteiger partial charge is 0.372 e. The molecule has 1 aliphatic carbocycles. The summed E-state index contributed by atoms with van der Waals surface area (Å²) in [6.45, 7) is 1.95. The molecule has 0 unspecified atom stereocenters. The van der Waals surface area contributed by atoms with Crippen LogP contribution in [0, 0.1) is 6.92 Å². The molecule has 9 heteroatoms. The maximum Gasteiger partial charge on any atom is 0.333 e. The maximum absolute atomic E-state index is 12.4. The molecule has 0 radical (unpaired) electrons. The third kappa shape index (κ3) is 5.70. The minimum absolute atomic E-state index is 0.0150. The SMILES string of the molecule is Cc1c(N(C)C)c(=O)n(-c2ccccc2)n1C.O=S(=O)(O)NC1CCCCC1. The number of nitrogens with zero attached hydrogens (tertiary/aromatic N) is 3. The normalized spacial score (nSPS) is 15.0. The van der Waals surface area contributed by atoms with E-state index in [1.807, 2.05) is 68.0 Å². The fraction of sp³-hybridized carbons (Fsp3) is 0.526. The molecule has 3 rings (SSSR count). The summed E-state index contributed by atoms with van der Waals surface area (Å²) < 4.78 is 34.9. The number of aromatic nitrogens is 2. The van der Waals surface area contributed by atoms with E-state index in [9.17, 15) is 13.2 Å². The zero-order valence-corrected chi connectivity index (χ0v) is 17.7. The van der Waals surface area contributed by atoms with Crippen LogP contribution in [0.2, 0.25) is 0 Å². The van der Waals surface area contributed by atoms with Gasteiger partial charge in [-0.3, -0.25) is 14.0 Å². The van der Waals surface area contributed by atoms with Crippen molar-refractivity contribution in [1.82, 2.24) is 14.1 Å². The Morgan fingerprint density at radius 3 is 2.14 bits per heavy atom. The van der Waals surface area contributed by atoms with Gasteiger partial charge in [-0.05, 0) is 31.9 Å². The molecule has 28 heavy (non-hydrogen) atoms. The van der Waals surface area contributed by atoms with Gasteiger partial charge >= 0.3 is 10.3 Å². The number of hydrogen-bond donors (Lipinski definition) is 2. The quantitative estimate of drug-likeness (QED) is 0.754. The highest BCUT2D eigenvalue weighted by Gasteiger charge is 2.18. The first-order chi connectivity index (χ1) is 13.1. The minimum atomic E-state index is -3.97. The Morgan fingerprint density at radius 2 is 1.68 bits per heavy atom. The van der Waals surface area contributed by atoms with Crippen LogP contribution in [0.3, 0.4) is 0 Å². The van der Waals surface area contributed by atoms with E-state index in [4.69, 9.17) is 4.55 Å². The van der Waals surface area contributed by atoms with Crippen molar-refractivity contribution in [1.29, 1.82) is 0 Å². The number of anilines is 1. The summed E-state index contributed by atoms with van der Waals surface area (Å²) in [4.78, 5) is 14.2. The second-order valence-electron chi connectivity index (χ2n) is 7.23. The smallest absolute Gasteiger partial charge is 0.333 e. The maximum atomic E-state index is 12.4. The van der Waals surface area contributed by atoms with Gasteiger partial charge < -0.3 is 4.90 Å². The van der Waals surface area contributed by atoms with E-state index in [0.29, 0.717) is 0 Å². The van der Waals surface area contributed by atoms with Gasteiger partial charge in [-0.25, -0.2) is 4.68 Å². The molecule has 1 aromatic heterocycles. The van der Waals surface area contributed by atoms with E-state index >= 15 is 0 Å². The lowest BCUT2D eigenvalue weighted by Gasteiger charge is -2.20. The van der Waals surface area contributed by atoms with Crippen molar-refractivity contribution < 1.29 is 13.0 Å². The molecular weight excluding hydrogens is 380 g/mol. The molecule has 1 saturated carbocycles. The van der Waals surface area contributed by atoms with Crippen LogP contribution in [-0.4, -0.2) is 42.5 Å². The Labute approximate surface area is 166 Å². The second kappa shape index (κ2) is 9.40. The summed E-state index contributed by atoms with van der Waals surface area (Å²) in [5.74, 6) is 0. The summed E-state index contributed by atoms with van der Waals surface area (Å²) in [6, 6.07) is 9.62. The van der Waals surface area contributed by atoms with Crippen molar-refractivity contribution in [2.24, 2.45) is 7.05 Å². The predicted molar refractivity (Wildman–Crippen MR) is 112 cm³/mol. The number of nitrogens with one attached hydrogen (secondary N) is 1. The van der Waals surface area contributed by atoms with Crippen LogP contribution in [0.1, 0.15) is 37.8 Å². The number of benzene rings is 1. The van der Waals surface area contributed by atoms with Crippen LogP contribution in [0.5, 0.6) is 0 Å². The minimum Gasteiger partial charge on any atom is -0.372 e. The second-order valence-corrected chi connectivity index (χ2v) is 8.42. The van der Waals surface area contributed by atoms with Gasteiger partial charge in [0.1, 0.15) is 5.69 Å². The third-order valence-electron chi connectivity index (χ3n) is 4.89. The Hall–Kier alpha value is -2.10. The van der Waals surface area contributed by atoms with Gasteiger partial charge in [0.05, 0.1) is 11.4 Å².